The van der Waals surface area contributed by atoms with Crippen LogP contribution >= 0.6 is 0 Å². The molecule has 1 heterocycles. The van der Waals surface area contributed by atoms with Gasteiger partial charge in [-0.25, -0.2) is 0 Å². The second-order valence-electron chi connectivity index (χ2n) is 4.01. The first-order chi connectivity index (χ1) is 6.98. The van der Waals surface area contributed by atoms with E-state index in [0.29, 0.717) is 6.42 Å². The van der Waals surface area contributed by atoms with Gasteiger partial charge in [0.05, 0.1) is 19.8 Å². The van der Waals surface area contributed by atoms with E-state index in [2.05, 4.69) is 4.74 Å². The fourth-order valence-electron chi connectivity index (χ4n) is 1.67. The summed E-state index contributed by atoms with van der Waals surface area (Å²) in [6.45, 7) is 3.47. The van der Waals surface area contributed by atoms with Crippen molar-refractivity contribution in [3.05, 3.63) is 0 Å². The molecule has 1 aliphatic rings. The fourth-order valence-corrected chi connectivity index (χ4v) is 1.67. The minimum atomic E-state index is -0.686. The van der Waals surface area contributed by atoms with Crippen molar-refractivity contribution in [2.24, 2.45) is 0 Å². The second-order valence-corrected chi connectivity index (χ2v) is 4.01. The molecule has 88 valence electrons. The molecule has 0 aromatic rings. The van der Waals surface area contributed by atoms with E-state index < -0.39 is 5.79 Å². The Kier molecular flexibility index (Phi) is 4.07. The number of esters is 1. The van der Waals surface area contributed by atoms with Crippen LogP contribution in [0.4, 0.5) is 0 Å². The first-order valence-corrected chi connectivity index (χ1v) is 5.02. The Hall–Kier alpha value is -0.650. The highest BCUT2D eigenvalue weighted by atomic mass is 16.8. The maximum Gasteiger partial charge on any atom is 0.305 e. The molecule has 0 saturated carbocycles. The molecule has 1 N–H and O–H groups in total. The Morgan fingerprint density at radius 3 is 2.53 bits per heavy atom. The van der Waals surface area contributed by atoms with Crippen molar-refractivity contribution in [2.75, 3.05) is 13.7 Å². The molecule has 0 aromatic heterocycles. The monoisotopic (exact) mass is 218 g/mol. The van der Waals surface area contributed by atoms with E-state index in [4.69, 9.17) is 14.6 Å². The summed E-state index contributed by atoms with van der Waals surface area (Å²) in [4.78, 5) is 10.9. The lowest BCUT2D eigenvalue weighted by molar-refractivity contribution is -0.151. The summed E-state index contributed by atoms with van der Waals surface area (Å²) in [5.41, 5.74) is 0. The second kappa shape index (κ2) is 4.92. The van der Waals surface area contributed by atoms with Crippen LogP contribution in [0.2, 0.25) is 0 Å². The summed E-state index contributed by atoms with van der Waals surface area (Å²) in [5.74, 6) is -0.964. The van der Waals surface area contributed by atoms with Gasteiger partial charge in [-0.2, -0.15) is 0 Å². The van der Waals surface area contributed by atoms with Gasteiger partial charge in [-0.1, -0.05) is 0 Å². The number of carbonyl (C=O) groups is 1. The van der Waals surface area contributed by atoms with Gasteiger partial charge in [0.1, 0.15) is 6.10 Å². The maximum absolute atomic E-state index is 10.9. The highest BCUT2D eigenvalue weighted by Crippen LogP contribution is 2.30. The largest absolute Gasteiger partial charge is 0.469 e. The molecule has 0 aromatic carbocycles. The van der Waals surface area contributed by atoms with E-state index in [0.717, 1.165) is 0 Å². The molecule has 5 heteroatoms. The molecule has 1 rings (SSSR count). The molecule has 0 radical (unpaired) electrons. The summed E-state index contributed by atoms with van der Waals surface area (Å²) >= 11 is 0. The molecular weight excluding hydrogens is 200 g/mol. The van der Waals surface area contributed by atoms with Crippen LogP contribution in [0.5, 0.6) is 0 Å². The van der Waals surface area contributed by atoms with Crippen LogP contribution in [0.25, 0.3) is 0 Å². The Labute approximate surface area is 89.3 Å². The Morgan fingerprint density at radius 2 is 2.00 bits per heavy atom. The highest BCUT2D eigenvalue weighted by molar-refractivity contribution is 5.69. The lowest BCUT2D eigenvalue weighted by atomic mass is 10.1. The van der Waals surface area contributed by atoms with Gasteiger partial charge in [0.25, 0.3) is 0 Å². The Bertz CT molecular complexity index is 226. The van der Waals surface area contributed by atoms with Crippen LogP contribution in [0.3, 0.4) is 0 Å². The van der Waals surface area contributed by atoms with Gasteiger partial charge < -0.3 is 19.3 Å². The molecule has 0 bridgehead atoms. The molecule has 1 fully saturated rings. The Morgan fingerprint density at radius 1 is 1.40 bits per heavy atom. The van der Waals surface area contributed by atoms with Crippen molar-refractivity contribution < 1.29 is 24.1 Å². The zero-order valence-corrected chi connectivity index (χ0v) is 9.36. The third kappa shape index (κ3) is 3.44. The van der Waals surface area contributed by atoms with E-state index >= 15 is 0 Å². The number of hydrogen-bond donors (Lipinski definition) is 1. The standard InChI is InChI=1S/C10H18O5/c1-10(2)14-7(8(6-11)15-10)4-5-9(12)13-3/h7-8,11H,4-6H2,1-3H3/t7-,8-/m1/s1. The van der Waals surface area contributed by atoms with E-state index in [1.54, 1.807) is 13.8 Å². The quantitative estimate of drug-likeness (QED) is 0.694. The predicted molar refractivity (Wildman–Crippen MR) is 52.2 cm³/mol. The van der Waals surface area contributed by atoms with Crippen LogP contribution in [0, 0.1) is 0 Å². The number of hydrogen-bond acceptors (Lipinski definition) is 5. The van der Waals surface area contributed by atoms with Crippen molar-refractivity contribution in [2.45, 2.75) is 44.7 Å². The minimum Gasteiger partial charge on any atom is -0.469 e. The topological polar surface area (TPSA) is 65.0 Å². The first-order valence-electron chi connectivity index (χ1n) is 5.02. The molecule has 1 saturated heterocycles. The van der Waals surface area contributed by atoms with E-state index in [1.807, 2.05) is 0 Å². The first kappa shape index (κ1) is 12.4. The normalized spacial score (nSPS) is 29.1. The minimum absolute atomic E-state index is 0.102. The van der Waals surface area contributed by atoms with Gasteiger partial charge in [-0.3, -0.25) is 4.79 Å². The van der Waals surface area contributed by atoms with Gasteiger partial charge in [0.2, 0.25) is 0 Å². The molecule has 0 unspecified atom stereocenters. The van der Waals surface area contributed by atoms with Gasteiger partial charge in [-0.05, 0) is 20.3 Å². The number of ether oxygens (including phenoxy) is 3. The zero-order chi connectivity index (χ0) is 11.5. The maximum atomic E-state index is 10.9. The molecule has 0 spiro atoms. The molecule has 0 aliphatic carbocycles. The van der Waals surface area contributed by atoms with Crippen LogP contribution in [0.15, 0.2) is 0 Å². The van der Waals surface area contributed by atoms with Gasteiger partial charge in [-0.15, -0.1) is 0 Å². The van der Waals surface area contributed by atoms with Crippen molar-refractivity contribution >= 4 is 5.97 Å². The molecule has 1 aliphatic heterocycles. The van der Waals surface area contributed by atoms with Crippen LogP contribution < -0.4 is 0 Å². The van der Waals surface area contributed by atoms with Crippen molar-refractivity contribution in [3.8, 4) is 0 Å². The summed E-state index contributed by atoms with van der Waals surface area (Å²) in [5, 5.41) is 9.07. The molecular formula is C10H18O5. The van der Waals surface area contributed by atoms with Gasteiger partial charge >= 0.3 is 5.97 Å². The summed E-state index contributed by atoms with van der Waals surface area (Å²) < 4.78 is 15.5. The highest BCUT2D eigenvalue weighted by Gasteiger charge is 2.40. The predicted octanol–water partition coefficient (Wildman–Crippen LogP) is 0.452. The van der Waals surface area contributed by atoms with Crippen molar-refractivity contribution in [1.29, 1.82) is 0 Å². The number of carbonyl (C=O) groups excluding carboxylic acids is 1. The van der Waals surface area contributed by atoms with Crippen LogP contribution in [-0.4, -0.2) is 42.8 Å². The Balaban J connectivity index is 2.43. The van der Waals surface area contributed by atoms with Crippen molar-refractivity contribution in [3.63, 3.8) is 0 Å². The number of aliphatic hydroxyl groups excluding tert-OH is 1. The molecule has 2 atom stereocenters. The zero-order valence-electron chi connectivity index (χ0n) is 9.36. The number of rotatable bonds is 4. The van der Waals surface area contributed by atoms with E-state index in [1.165, 1.54) is 7.11 Å². The van der Waals surface area contributed by atoms with Crippen LogP contribution in [0.1, 0.15) is 26.7 Å². The number of methoxy groups -OCH3 is 1. The average molecular weight is 218 g/mol. The van der Waals surface area contributed by atoms with Crippen molar-refractivity contribution in [1.82, 2.24) is 0 Å². The SMILES string of the molecule is COC(=O)CC[C@H]1OC(C)(C)O[C@@H]1CO. The average Bonchev–Trinajstić information content (AvgIpc) is 2.49. The van der Waals surface area contributed by atoms with Crippen LogP contribution in [-0.2, 0) is 19.0 Å². The van der Waals surface area contributed by atoms with Gasteiger partial charge in [0, 0.05) is 6.42 Å². The van der Waals surface area contributed by atoms with E-state index in [9.17, 15) is 4.79 Å². The number of aliphatic hydroxyl groups is 1. The third-order valence-electron chi connectivity index (χ3n) is 2.33. The fraction of sp³-hybridized carbons (Fsp3) is 0.900. The summed E-state index contributed by atoms with van der Waals surface area (Å²) in [7, 11) is 1.35. The summed E-state index contributed by atoms with van der Waals surface area (Å²) in [6, 6.07) is 0. The van der Waals surface area contributed by atoms with E-state index in [-0.39, 0.29) is 31.2 Å². The molecule has 15 heavy (non-hydrogen) atoms. The summed E-state index contributed by atoms with van der Waals surface area (Å²) in [6.07, 6.45) is 0.173. The smallest absolute Gasteiger partial charge is 0.305 e. The molecule has 5 nitrogen and oxygen atoms in total. The third-order valence-corrected chi connectivity index (χ3v) is 2.33. The lowest BCUT2D eigenvalue weighted by Gasteiger charge is -2.16. The van der Waals surface area contributed by atoms with Gasteiger partial charge in [0.15, 0.2) is 5.79 Å². The molecule has 0 amide bonds. The lowest BCUT2D eigenvalue weighted by Crippen LogP contribution is -2.27.